The monoisotopic (exact) mass is 399 g/mol. The molecule has 4 bridgehead atoms. The van der Waals surface area contributed by atoms with E-state index in [-0.39, 0.29) is 17.2 Å². The number of para-hydroxylation sites is 2. The molecule has 1 heterocycles. The van der Waals surface area contributed by atoms with E-state index in [4.69, 9.17) is 0 Å². The number of hydrogen-bond donors (Lipinski definition) is 1. The predicted molar refractivity (Wildman–Crippen MR) is 115 cm³/mol. The molecule has 4 aliphatic rings. The van der Waals surface area contributed by atoms with Gasteiger partial charge < -0.3 is 5.11 Å². The van der Waals surface area contributed by atoms with Crippen molar-refractivity contribution in [3.8, 4) is 11.6 Å². The van der Waals surface area contributed by atoms with Crippen LogP contribution in [0.1, 0.15) is 38.5 Å². The molecular weight excluding hydrogens is 374 g/mol. The number of nitrogens with zero attached hydrogens (tertiary/aromatic N) is 3. The zero-order chi connectivity index (χ0) is 20.3. The molecule has 0 spiro atoms. The molecule has 1 amide bonds. The van der Waals surface area contributed by atoms with Gasteiger partial charge in [0.15, 0.2) is 5.69 Å². The lowest BCUT2D eigenvalue weighted by Crippen LogP contribution is -2.49. The normalized spacial score (nSPS) is 29.8. The average Bonchev–Trinajstić information content (AvgIpc) is 3.03. The number of hydrogen-bond acceptors (Lipinski definition) is 3. The van der Waals surface area contributed by atoms with E-state index < -0.39 is 0 Å². The van der Waals surface area contributed by atoms with E-state index in [9.17, 15) is 9.90 Å². The van der Waals surface area contributed by atoms with Gasteiger partial charge >= 0.3 is 0 Å². The van der Waals surface area contributed by atoms with Crippen molar-refractivity contribution in [1.29, 1.82) is 0 Å². The number of azo groups is 1. The van der Waals surface area contributed by atoms with Crippen LogP contribution >= 0.6 is 0 Å². The SMILES string of the molecule is O=C(N=Nc1c(O)n(-c2ccccc2)c2ccccc12)C12CC3CC(CC(C3)C1)C2. The molecule has 2 aromatic carbocycles. The third-order valence-electron chi connectivity index (χ3n) is 7.57. The van der Waals surface area contributed by atoms with Crippen molar-refractivity contribution in [3.05, 3.63) is 54.6 Å². The minimum absolute atomic E-state index is 0.0180. The Hall–Kier alpha value is -2.95. The topological polar surface area (TPSA) is 66.9 Å². The molecule has 1 N–H and O–H groups in total. The molecule has 0 radical (unpaired) electrons. The van der Waals surface area contributed by atoms with Gasteiger partial charge in [0.25, 0.3) is 5.91 Å². The zero-order valence-electron chi connectivity index (χ0n) is 16.9. The predicted octanol–water partition coefficient (Wildman–Crippen LogP) is 6.16. The van der Waals surface area contributed by atoms with Crippen LogP contribution in [-0.4, -0.2) is 15.6 Å². The Balaban J connectivity index is 1.39. The molecule has 30 heavy (non-hydrogen) atoms. The molecule has 152 valence electrons. The van der Waals surface area contributed by atoms with Gasteiger partial charge in [-0.3, -0.25) is 9.36 Å². The fraction of sp³-hybridized carbons (Fsp3) is 0.400. The van der Waals surface area contributed by atoms with Crippen molar-refractivity contribution in [2.75, 3.05) is 0 Å². The number of carbonyl (C=O) groups excluding carboxylic acids is 1. The maximum Gasteiger partial charge on any atom is 0.270 e. The Labute approximate surface area is 175 Å². The number of aromatic nitrogens is 1. The lowest BCUT2D eigenvalue weighted by molar-refractivity contribution is -0.142. The van der Waals surface area contributed by atoms with E-state index in [2.05, 4.69) is 10.2 Å². The summed E-state index contributed by atoms with van der Waals surface area (Å²) in [6.07, 6.45) is 6.76. The molecule has 4 fully saturated rings. The van der Waals surface area contributed by atoms with Crippen LogP contribution < -0.4 is 0 Å². The number of carbonyl (C=O) groups is 1. The van der Waals surface area contributed by atoms with Crippen LogP contribution in [0.25, 0.3) is 16.6 Å². The van der Waals surface area contributed by atoms with Crippen molar-refractivity contribution in [2.45, 2.75) is 38.5 Å². The summed E-state index contributed by atoms with van der Waals surface area (Å²) < 4.78 is 1.76. The summed E-state index contributed by atoms with van der Waals surface area (Å²) in [6, 6.07) is 17.4. The minimum atomic E-state index is -0.314. The molecule has 4 saturated carbocycles. The van der Waals surface area contributed by atoms with E-state index in [1.807, 2.05) is 54.6 Å². The summed E-state index contributed by atoms with van der Waals surface area (Å²) in [5.74, 6) is 1.98. The summed E-state index contributed by atoms with van der Waals surface area (Å²) in [7, 11) is 0. The quantitative estimate of drug-likeness (QED) is 0.536. The van der Waals surface area contributed by atoms with Crippen LogP contribution in [0.3, 0.4) is 0 Å². The molecule has 7 rings (SSSR count). The molecule has 5 heteroatoms. The third kappa shape index (κ3) is 2.64. The van der Waals surface area contributed by atoms with Crippen LogP contribution in [0, 0.1) is 23.2 Å². The van der Waals surface area contributed by atoms with Crippen molar-refractivity contribution in [1.82, 2.24) is 4.57 Å². The van der Waals surface area contributed by atoms with Crippen LogP contribution in [0.5, 0.6) is 5.88 Å². The van der Waals surface area contributed by atoms with Gasteiger partial charge in [-0.1, -0.05) is 36.4 Å². The summed E-state index contributed by atoms with van der Waals surface area (Å²) in [5, 5.41) is 20.4. The van der Waals surface area contributed by atoms with Crippen LogP contribution in [-0.2, 0) is 4.79 Å². The molecule has 0 atom stereocenters. The molecule has 0 aliphatic heterocycles. The first-order valence-electron chi connectivity index (χ1n) is 11.0. The highest BCUT2D eigenvalue weighted by molar-refractivity contribution is 5.96. The number of fused-ring (bicyclic) bond motifs is 1. The van der Waals surface area contributed by atoms with E-state index in [0.29, 0.717) is 23.4 Å². The van der Waals surface area contributed by atoms with Gasteiger partial charge in [-0.15, -0.1) is 10.2 Å². The molecule has 0 unspecified atom stereocenters. The standard InChI is InChI=1S/C25H25N3O2/c29-23-22(20-8-4-5-9-21(20)28(23)19-6-2-1-3-7-19)26-27-24(30)25-13-16-10-17(14-25)12-18(11-16)15-25/h1-9,16-18,29H,10-15H2. The summed E-state index contributed by atoms with van der Waals surface area (Å²) in [6.45, 7) is 0. The second-order valence-corrected chi connectivity index (χ2v) is 9.56. The van der Waals surface area contributed by atoms with Crippen molar-refractivity contribution < 1.29 is 9.90 Å². The number of benzene rings is 2. The fourth-order valence-corrected chi connectivity index (χ4v) is 6.72. The molecule has 0 saturated heterocycles. The van der Waals surface area contributed by atoms with Gasteiger partial charge in [0.05, 0.1) is 10.9 Å². The summed E-state index contributed by atoms with van der Waals surface area (Å²) in [4.78, 5) is 13.2. The van der Waals surface area contributed by atoms with Crippen molar-refractivity contribution in [2.24, 2.45) is 33.4 Å². The fourth-order valence-electron chi connectivity index (χ4n) is 6.72. The van der Waals surface area contributed by atoms with Gasteiger partial charge in [0.1, 0.15) is 0 Å². The first-order chi connectivity index (χ1) is 14.6. The first kappa shape index (κ1) is 17.9. The zero-order valence-corrected chi connectivity index (χ0v) is 16.9. The lowest BCUT2D eigenvalue weighted by atomic mass is 9.49. The van der Waals surface area contributed by atoms with Crippen molar-refractivity contribution in [3.63, 3.8) is 0 Å². The second-order valence-electron chi connectivity index (χ2n) is 9.56. The molecule has 4 aliphatic carbocycles. The Kier molecular flexibility index (Phi) is 3.89. The van der Waals surface area contributed by atoms with Gasteiger partial charge in [0, 0.05) is 11.1 Å². The van der Waals surface area contributed by atoms with Crippen molar-refractivity contribution >= 4 is 22.5 Å². The number of amides is 1. The van der Waals surface area contributed by atoms with Gasteiger partial charge in [-0.25, -0.2) is 0 Å². The average molecular weight is 399 g/mol. The molecule has 5 nitrogen and oxygen atoms in total. The second kappa shape index (κ2) is 6.53. The molecule has 3 aromatic rings. The van der Waals surface area contributed by atoms with Gasteiger partial charge in [0.2, 0.25) is 5.88 Å². The molecular formula is C25H25N3O2. The number of rotatable bonds is 3. The van der Waals surface area contributed by atoms with Gasteiger partial charge in [-0.05, 0) is 74.5 Å². The maximum absolute atomic E-state index is 13.2. The summed E-state index contributed by atoms with van der Waals surface area (Å²) in [5.41, 5.74) is 1.75. The van der Waals surface area contributed by atoms with Crippen LogP contribution in [0.4, 0.5) is 5.69 Å². The Morgan fingerprint density at radius 3 is 2.17 bits per heavy atom. The van der Waals surface area contributed by atoms with E-state index >= 15 is 0 Å². The minimum Gasteiger partial charge on any atom is -0.493 e. The smallest absolute Gasteiger partial charge is 0.270 e. The first-order valence-corrected chi connectivity index (χ1v) is 11.0. The van der Waals surface area contributed by atoms with E-state index in [1.54, 1.807) is 4.57 Å². The Bertz CT molecular complexity index is 1130. The highest BCUT2D eigenvalue weighted by Gasteiger charge is 2.54. The summed E-state index contributed by atoms with van der Waals surface area (Å²) >= 11 is 0. The highest BCUT2D eigenvalue weighted by atomic mass is 16.3. The van der Waals surface area contributed by atoms with Gasteiger partial charge in [-0.2, -0.15) is 0 Å². The van der Waals surface area contributed by atoms with Crippen LogP contribution in [0.15, 0.2) is 64.8 Å². The molecule has 1 aromatic heterocycles. The highest BCUT2D eigenvalue weighted by Crippen LogP contribution is 2.60. The Morgan fingerprint density at radius 2 is 1.50 bits per heavy atom. The van der Waals surface area contributed by atoms with Crippen LogP contribution in [0.2, 0.25) is 0 Å². The third-order valence-corrected chi connectivity index (χ3v) is 7.57. The van der Waals surface area contributed by atoms with E-state index in [1.165, 1.54) is 19.3 Å². The maximum atomic E-state index is 13.2. The Morgan fingerprint density at radius 1 is 0.900 bits per heavy atom. The lowest BCUT2D eigenvalue weighted by Gasteiger charge is -2.54. The van der Waals surface area contributed by atoms with E-state index in [0.717, 1.165) is 35.9 Å². The number of aromatic hydroxyl groups is 1. The largest absolute Gasteiger partial charge is 0.493 e.